The molecular weight excluding hydrogens is 568 g/mol. The molecule has 1 aromatic heterocycles. The maximum Gasteiger partial charge on any atom is 0.249 e. The van der Waals surface area contributed by atoms with Crippen LogP contribution in [0.1, 0.15) is 59.3 Å². The highest BCUT2D eigenvalue weighted by molar-refractivity contribution is 5.93. The number of aromatic nitrogens is 3. The molecule has 0 saturated carbocycles. The van der Waals surface area contributed by atoms with E-state index in [4.69, 9.17) is 4.74 Å². The van der Waals surface area contributed by atoms with Crippen LogP contribution < -0.4 is 21.3 Å². The van der Waals surface area contributed by atoms with E-state index in [0.717, 1.165) is 5.56 Å². The number of ether oxygens (including phenoxy) is 1. The molecule has 3 atom stereocenters. The van der Waals surface area contributed by atoms with Gasteiger partial charge in [0.2, 0.25) is 29.5 Å². The van der Waals surface area contributed by atoms with Crippen molar-refractivity contribution in [2.24, 2.45) is 5.92 Å². The smallest absolute Gasteiger partial charge is 0.249 e. The topological polar surface area (TPSA) is 177 Å². The Bertz CT molecular complexity index is 1300. The third kappa shape index (κ3) is 10.1. The Balaban J connectivity index is 1.92. The Hall–Kier alpha value is -4.33. The van der Waals surface area contributed by atoms with Crippen molar-refractivity contribution in [3.63, 3.8) is 0 Å². The summed E-state index contributed by atoms with van der Waals surface area (Å²) in [6.07, 6.45) is 0.713. The number of hydrogen-bond donors (Lipinski definition) is 4. The van der Waals surface area contributed by atoms with Gasteiger partial charge in [0.05, 0.1) is 12.6 Å². The molecule has 240 valence electrons. The number of benzene rings is 1. The molecule has 0 aliphatic carbocycles. The Morgan fingerprint density at radius 3 is 2.39 bits per heavy atom. The summed E-state index contributed by atoms with van der Waals surface area (Å²) in [7, 11) is 0. The molecule has 44 heavy (non-hydrogen) atoms. The summed E-state index contributed by atoms with van der Waals surface area (Å²) < 4.78 is 6.69. The molecule has 2 heterocycles. The van der Waals surface area contributed by atoms with Gasteiger partial charge in [0, 0.05) is 25.3 Å². The third-order valence-electron chi connectivity index (χ3n) is 6.93. The molecule has 14 heteroatoms. The number of nitrogens with one attached hydrogen (secondary N) is 4. The van der Waals surface area contributed by atoms with Crippen molar-refractivity contribution in [2.75, 3.05) is 32.8 Å². The average Bonchev–Trinajstić information content (AvgIpc) is 3.40. The van der Waals surface area contributed by atoms with Gasteiger partial charge in [-0.3, -0.25) is 24.0 Å². The van der Waals surface area contributed by atoms with Gasteiger partial charge in [-0.2, -0.15) is 5.10 Å². The highest BCUT2D eigenvalue weighted by Crippen LogP contribution is 2.19. The van der Waals surface area contributed by atoms with Crippen LogP contribution in [0.3, 0.4) is 0 Å². The lowest BCUT2D eigenvalue weighted by molar-refractivity contribution is -0.140. The summed E-state index contributed by atoms with van der Waals surface area (Å²) in [5.41, 5.74) is 0.749. The van der Waals surface area contributed by atoms with E-state index in [2.05, 4.69) is 31.3 Å². The van der Waals surface area contributed by atoms with Crippen LogP contribution in [0.15, 0.2) is 30.3 Å². The normalized spacial score (nSPS) is 21.2. The minimum absolute atomic E-state index is 0.0646. The molecule has 5 amide bonds. The lowest BCUT2D eigenvalue weighted by Crippen LogP contribution is -2.54. The average molecular weight is 613 g/mol. The first-order valence-corrected chi connectivity index (χ1v) is 15.0. The standard InChI is InChI=1S/C30H44N8O6/c1-6-44-18-26(41)37-14-10-13-31-24(39)17-38-28(35-27(36-38)22-11-8-7-9-12-22)20(4)33-30(43)23(15-19(2)3)34-29(42)21(5)32-25(40)16-37/h7-9,11-12,19-21,23H,6,10,13-18H2,1-5H3,(H,31,39)(H,32,40)(H,33,43)(H,34,42)/t20-,21+,23+/m0/s1. The lowest BCUT2D eigenvalue weighted by Gasteiger charge is -2.25. The van der Waals surface area contributed by atoms with Crippen LogP contribution in [-0.4, -0.2) is 94.1 Å². The van der Waals surface area contributed by atoms with Gasteiger partial charge >= 0.3 is 0 Å². The first-order valence-electron chi connectivity index (χ1n) is 15.0. The second kappa shape index (κ2) is 16.5. The van der Waals surface area contributed by atoms with E-state index in [1.165, 1.54) is 16.5 Å². The molecule has 3 rings (SSSR count). The van der Waals surface area contributed by atoms with Gasteiger partial charge in [-0.25, -0.2) is 9.67 Å². The molecule has 14 nitrogen and oxygen atoms in total. The third-order valence-corrected chi connectivity index (χ3v) is 6.93. The summed E-state index contributed by atoms with van der Waals surface area (Å²) >= 11 is 0. The van der Waals surface area contributed by atoms with Crippen LogP contribution in [-0.2, 0) is 35.3 Å². The molecule has 0 unspecified atom stereocenters. The maximum atomic E-state index is 13.5. The van der Waals surface area contributed by atoms with E-state index >= 15 is 0 Å². The predicted molar refractivity (Wildman–Crippen MR) is 162 cm³/mol. The van der Waals surface area contributed by atoms with E-state index in [0.29, 0.717) is 31.1 Å². The zero-order valence-electron chi connectivity index (χ0n) is 26.1. The number of carbonyl (C=O) groups excluding carboxylic acids is 5. The van der Waals surface area contributed by atoms with E-state index in [9.17, 15) is 24.0 Å². The minimum atomic E-state index is -0.968. The Labute approximate surface area is 257 Å². The molecule has 2 aromatic rings. The summed E-state index contributed by atoms with van der Waals surface area (Å²) in [4.78, 5) is 71.0. The first-order chi connectivity index (χ1) is 21.0. The second-order valence-corrected chi connectivity index (χ2v) is 11.2. The minimum Gasteiger partial charge on any atom is -0.372 e. The van der Waals surface area contributed by atoms with Gasteiger partial charge in [-0.1, -0.05) is 44.2 Å². The SMILES string of the molecule is CCOCC(=O)N1CCCNC(=O)Cn2nc(-c3ccccc3)nc2[C@H](C)NC(=O)[C@@H](CC(C)C)NC(=O)[C@@H](C)NC(=O)C1. The van der Waals surface area contributed by atoms with Crippen molar-refractivity contribution < 1.29 is 28.7 Å². The number of amides is 5. The molecule has 1 aromatic carbocycles. The Morgan fingerprint density at radius 2 is 1.70 bits per heavy atom. The van der Waals surface area contributed by atoms with Crippen LogP contribution >= 0.6 is 0 Å². The van der Waals surface area contributed by atoms with E-state index in [1.807, 2.05) is 44.2 Å². The van der Waals surface area contributed by atoms with Crippen LogP contribution in [0, 0.1) is 5.92 Å². The maximum absolute atomic E-state index is 13.5. The van der Waals surface area contributed by atoms with Crippen LogP contribution in [0.2, 0.25) is 0 Å². The number of carbonyl (C=O) groups is 5. The predicted octanol–water partition coefficient (Wildman–Crippen LogP) is 0.543. The van der Waals surface area contributed by atoms with Gasteiger partial charge < -0.3 is 30.9 Å². The van der Waals surface area contributed by atoms with Gasteiger partial charge in [0.25, 0.3) is 0 Å². The molecular formula is C30H44N8O6. The van der Waals surface area contributed by atoms with E-state index < -0.39 is 35.8 Å². The molecule has 4 N–H and O–H groups in total. The number of fused-ring (bicyclic) bond motifs is 1. The molecule has 0 saturated heterocycles. The molecule has 0 radical (unpaired) electrons. The summed E-state index contributed by atoms with van der Waals surface area (Å²) in [5, 5.41) is 15.7. The Kier molecular flexibility index (Phi) is 12.8. The van der Waals surface area contributed by atoms with Gasteiger partial charge in [0.15, 0.2) is 5.82 Å². The van der Waals surface area contributed by atoms with Crippen LogP contribution in [0.4, 0.5) is 0 Å². The number of rotatable bonds is 6. The zero-order chi connectivity index (χ0) is 32.2. The van der Waals surface area contributed by atoms with Crippen molar-refractivity contribution in [1.82, 2.24) is 40.9 Å². The number of hydrogen-bond acceptors (Lipinski definition) is 8. The van der Waals surface area contributed by atoms with Crippen molar-refractivity contribution >= 4 is 29.5 Å². The molecule has 0 bridgehead atoms. The monoisotopic (exact) mass is 612 g/mol. The molecule has 1 aliphatic heterocycles. The van der Waals surface area contributed by atoms with Gasteiger partial charge in [-0.15, -0.1) is 0 Å². The summed E-state index contributed by atoms with van der Waals surface area (Å²) in [5.74, 6) is -1.41. The van der Waals surface area contributed by atoms with Crippen molar-refractivity contribution in [2.45, 2.75) is 72.1 Å². The van der Waals surface area contributed by atoms with Crippen LogP contribution in [0.5, 0.6) is 0 Å². The van der Waals surface area contributed by atoms with Gasteiger partial charge in [0.1, 0.15) is 31.1 Å². The van der Waals surface area contributed by atoms with Gasteiger partial charge in [-0.05, 0) is 39.5 Å². The highest BCUT2D eigenvalue weighted by atomic mass is 16.5. The quantitative estimate of drug-likeness (QED) is 0.365. The van der Waals surface area contributed by atoms with E-state index in [-0.39, 0.29) is 50.5 Å². The van der Waals surface area contributed by atoms with Crippen molar-refractivity contribution in [3.8, 4) is 11.4 Å². The first kappa shape index (κ1) is 34.2. The van der Waals surface area contributed by atoms with E-state index in [1.54, 1.807) is 13.8 Å². The fraction of sp³-hybridized carbons (Fsp3) is 0.567. The molecule has 1 aliphatic rings. The van der Waals surface area contributed by atoms with Crippen molar-refractivity contribution in [1.29, 1.82) is 0 Å². The fourth-order valence-corrected chi connectivity index (χ4v) is 4.67. The summed E-state index contributed by atoms with van der Waals surface area (Å²) in [6, 6.07) is 6.76. The fourth-order valence-electron chi connectivity index (χ4n) is 4.67. The largest absolute Gasteiger partial charge is 0.372 e. The molecule has 0 spiro atoms. The lowest BCUT2D eigenvalue weighted by atomic mass is 10.0. The zero-order valence-corrected chi connectivity index (χ0v) is 26.1. The summed E-state index contributed by atoms with van der Waals surface area (Å²) in [6.45, 7) is 8.95. The van der Waals surface area contributed by atoms with Crippen LogP contribution in [0.25, 0.3) is 11.4 Å². The van der Waals surface area contributed by atoms with Crippen molar-refractivity contribution in [3.05, 3.63) is 36.2 Å². The molecule has 0 fully saturated rings. The Morgan fingerprint density at radius 1 is 0.977 bits per heavy atom. The number of nitrogens with zero attached hydrogens (tertiary/aromatic N) is 4. The highest BCUT2D eigenvalue weighted by Gasteiger charge is 2.29. The second-order valence-electron chi connectivity index (χ2n) is 11.2.